The van der Waals surface area contributed by atoms with Gasteiger partial charge in [-0.25, -0.2) is 4.98 Å². The monoisotopic (exact) mass is 227 g/mol. The molecule has 2 N–H and O–H groups in total. The summed E-state index contributed by atoms with van der Waals surface area (Å²) in [6, 6.07) is 0. The molecule has 0 fully saturated rings. The Morgan fingerprint density at radius 3 is 3.12 bits per heavy atom. The summed E-state index contributed by atoms with van der Waals surface area (Å²) in [5.74, 6) is 1.21. The van der Waals surface area contributed by atoms with Crippen LogP contribution in [0.3, 0.4) is 0 Å². The number of nitrogens with one attached hydrogen (secondary N) is 2. The maximum absolute atomic E-state index is 7.33. The molecule has 1 aliphatic rings. The molecule has 0 aromatic carbocycles. The second kappa shape index (κ2) is 4.95. The zero-order chi connectivity index (χ0) is 12.3. The highest BCUT2D eigenvalue weighted by Gasteiger charge is 2.12. The van der Waals surface area contributed by atoms with Crippen LogP contribution in [0.15, 0.2) is 36.1 Å². The molecular formula is C14H17N3. The molecule has 0 bridgehead atoms. The van der Waals surface area contributed by atoms with E-state index in [2.05, 4.69) is 35.1 Å². The van der Waals surface area contributed by atoms with Crippen molar-refractivity contribution in [1.82, 2.24) is 9.97 Å². The van der Waals surface area contributed by atoms with E-state index in [0.29, 0.717) is 11.6 Å². The molecule has 0 aliphatic heterocycles. The Labute approximate surface area is 101 Å². The van der Waals surface area contributed by atoms with Crippen molar-refractivity contribution >= 4 is 11.8 Å². The molecule has 1 atom stereocenters. The van der Waals surface area contributed by atoms with Crippen LogP contribution in [0.2, 0.25) is 0 Å². The highest BCUT2D eigenvalue weighted by atomic mass is 14.9. The minimum atomic E-state index is 0.399. The van der Waals surface area contributed by atoms with Crippen molar-refractivity contribution in [3.05, 3.63) is 47.6 Å². The molecule has 1 aliphatic carbocycles. The van der Waals surface area contributed by atoms with Crippen LogP contribution >= 0.6 is 0 Å². The Morgan fingerprint density at radius 1 is 1.59 bits per heavy atom. The second-order valence-electron chi connectivity index (χ2n) is 4.40. The van der Waals surface area contributed by atoms with Crippen molar-refractivity contribution in [2.24, 2.45) is 0 Å². The van der Waals surface area contributed by atoms with Gasteiger partial charge in [-0.15, -0.1) is 0 Å². The van der Waals surface area contributed by atoms with Gasteiger partial charge in [0.2, 0.25) is 0 Å². The Kier molecular flexibility index (Phi) is 3.38. The fourth-order valence-corrected chi connectivity index (χ4v) is 1.89. The van der Waals surface area contributed by atoms with E-state index in [4.69, 9.17) is 5.41 Å². The lowest BCUT2D eigenvalue weighted by molar-refractivity contribution is 0.814. The molecule has 3 nitrogen and oxygen atoms in total. The molecule has 3 heteroatoms. The lowest BCUT2D eigenvalue weighted by atomic mass is 9.94. The number of hydrogen-bond donors (Lipinski definition) is 2. The van der Waals surface area contributed by atoms with Crippen molar-refractivity contribution < 1.29 is 0 Å². The SMILES string of the molecule is CC(=N)/C=C\c1ncc(C2C=C(C)C=CC2)[nH]1. The quantitative estimate of drug-likeness (QED) is 0.763. The van der Waals surface area contributed by atoms with Crippen molar-refractivity contribution in [2.45, 2.75) is 26.2 Å². The Balaban J connectivity index is 2.13. The molecule has 2 rings (SSSR count). The number of rotatable bonds is 3. The largest absolute Gasteiger partial charge is 0.342 e. The van der Waals surface area contributed by atoms with Crippen molar-refractivity contribution in [2.75, 3.05) is 0 Å². The average molecular weight is 227 g/mol. The number of aromatic amines is 1. The minimum absolute atomic E-state index is 0.399. The predicted molar refractivity (Wildman–Crippen MR) is 71.3 cm³/mol. The standard InChI is InChI=1S/C14H17N3/c1-10-4-3-5-12(8-10)13-9-16-14(17-13)7-6-11(2)15/h3-4,6-9,12,15H,5H2,1-2H3,(H,16,17)/b7-6-,15-11?. The van der Waals surface area contributed by atoms with Gasteiger partial charge in [0.1, 0.15) is 5.82 Å². The third-order valence-electron chi connectivity index (χ3n) is 2.74. The van der Waals surface area contributed by atoms with Gasteiger partial charge in [0, 0.05) is 23.5 Å². The number of aromatic nitrogens is 2. The van der Waals surface area contributed by atoms with Crippen LogP contribution in [0.4, 0.5) is 0 Å². The molecule has 0 radical (unpaired) electrons. The lowest BCUT2D eigenvalue weighted by Gasteiger charge is -2.12. The summed E-state index contributed by atoms with van der Waals surface area (Å²) in [7, 11) is 0. The van der Waals surface area contributed by atoms with E-state index >= 15 is 0 Å². The third kappa shape index (κ3) is 3.03. The minimum Gasteiger partial charge on any atom is -0.342 e. The molecule has 1 aromatic rings. The van der Waals surface area contributed by atoms with Crippen LogP contribution in [0, 0.1) is 5.41 Å². The summed E-state index contributed by atoms with van der Waals surface area (Å²) < 4.78 is 0. The highest BCUT2D eigenvalue weighted by molar-refractivity contribution is 5.93. The summed E-state index contributed by atoms with van der Waals surface area (Å²) >= 11 is 0. The van der Waals surface area contributed by atoms with Crippen LogP contribution in [0.25, 0.3) is 6.08 Å². The molecule has 1 heterocycles. The molecule has 0 amide bonds. The summed E-state index contributed by atoms with van der Waals surface area (Å²) in [5.41, 5.74) is 2.96. The van der Waals surface area contributed by atoms with Crippen molar-refractivity contribution in [1.29, 1.82) is 5.41 Å². The maximum Gasteiger partial charge on any atom is 0.130 e. The maximum atomic E-state index is 7.33. The van der Waals surface area contributed by atoms with Crippen LogP contribution in [0.1, 0.15) is 37.7 Å². The van der Waals surface area contributed by atoms with E-state index < -0.39 is 0 Å². The van der Waals surface area contributed by atoms with Gasteiger partial charge in [-0.1, -0.05) is 23.8 Å². The lowest BCUT2D eigenvalue weighted by Crippen LogP contribution is -1.98. The van der Waals surface area contributed by atoms with Crippen molar-refractivity contribution in [3.63, 3.8) is 0 Å². The molecule has 1 aromatic heterocycles. The number of imidazole rings is 1. The smallest absolute Gasteiger partial charge is 0.130 e. The van der Waals surface area contributed by atoms with Gasteiger partial charge in [0.15, 0.2) is 0 Å². The van der Waals surface area contributed by atoms with E-state index in [1.807, 2.05) is 12.3 Å². The van der Waals surface area contributed by atoms with Gasteiger partial charge in [-0.05, 0) is 32.4 Å². The first-order valence-corrected chi connectivity index (χ1v) is 5.78. The molecule has 0 saturated carbocycles. The van der Waals surface area contributed by atoms with Gasteiger partial charge in [-0.3, -0.25) is 0 Å². The summed E-state index contributed by atoms with van der Waals surface area (Å²) in [4.78, 5) is 7.58. The zero-order valence-corrected chi connectivity index (χ0v) is 10.2. The molecule has 17 heavy (non-hydrogen) atoms. The molecule has 1 unspecified atom stereocenters. The first kappa shape index (κ1) is 11.6. The normalized spacial score (nSPS) is 19.6. The number of H-pyrrole nitrogens is 1. The van der Waals surface area contributed by atoms with E-state index in [1.54, 1.807) is 13.0 Å². The third-order valence-corrected chi connectivity index (χ3v) is 2.74. The number of hydrogen-bond acceptors (Lipinski definition) is 2. The van der Waals surface area contributed by atoms with Gasteiger partial charge in [0.25, 0.3) is 0 Å². The first-order valence-electron chi connectivity index (χ1n) is 5.78. The second-order valence-corrected chi connectivity index (χ2v) is 4.40. The predicted octanol–water partition coefficient (Wildman–Crippen LogP) is 3.45. The summed E-state index contributed by atoms with van der Waals surface area (Å²) in [6.07, 6.45) is 13.1. The number of nitrogens with zero attached hydrogens (tertiary/aromatic N) is 1. The Morgan fingerprint density at radius 2 is 2.41 bits per heavy atom. The Hall–Kier alpha value is -1.90. The van der Waals surface area contributed by atoms with Gasteiger partial charge in [-0.2, -0.15) is 0 Å². The number of allylic oxidation sites excluding steroid dienone is 5. The first-order chi connectivity index (χ1) is 8.15. The van der Waals surface area contributed by atoms with Crippen LogP contribution in [-0.2, 0) is 0 Å². The van der Waals surface area contributed by atoms with E-state index in [-0.39, 0.29) is 0 Å². The molecule has 0 saturated heterocycles. The molecular weight excluding hydrogens is 210 g/mol. The summed E-state index contributed by atoms with van der Waals surface area (Å²) in [6.45, 7) is 3.86. The van der Waals surface area contributed by atoms with Crippen LogP contribution in [-0.4, -0.2) is 15.7 Å². The fourth-order valence-electron chi connectivity index (χ4n) is 1.89. The zero-order valence-electron chi connectivity index (χ0n) is 10.2. The average Bonchev–Trinajstić information content (AvgIpc) is 2.75. The summed E-state index contributed by atoms with van der Waals surface area (Å²) in [5, 5.41) is 7.33. The fraction of sp³-hybridized carbons (Fsp3) is 0.286. The van der Waals surface area contributed by atoms with Gasteiger partial charge < -0.3 is 10.4 Å². The topological polar surface area (TPSA) is 52.5 Å². The van der Waals surface area contributed by atoms with Crippen molar-refractivity contribution in [3.8, 4) is 0 Å². The van der Waals surface area contributed by atoms with E-state index in [1.165, 1.54) is 5.57 Å². The van der Waals surface area contributed by atoms with Gasteiger partial charge >= 0.3 is 0 Å². The molecule has 88 valence electrons. The van der Waals surface area contributed by atoms with E-state index in [9.17, 15) is 0 Å². The van der Waals surface area contributed by atoms with Crippen LogP contribution in [0.5, 0.6) is 0 Å². The van der Waals surface area contributed by atoms with Gasteiger partial charge in [0.05, 0.1) is 0 Å². The van der Waals surface area contributed by atoms with Crippen LogP contribution < -0.4 is 0 Å². The Bertz CT molecular complexity index is 503. The van der Waals surface area contributed by atoms with E-state index in [0.717, 1.165) is 17.9 Å². The highest BCUT2D eigenvalue weighted by Crippen LogP contribution is 2.25. The molecule has 0 spiro atoms.